The number of aromatic nitrogens is 7. The number of nitrogens with zero attached hydrogens (tertiary/aromatic N) is 7. The zero-order valence-electron chi connectivity index (χ0n) is 21.8. The highest BCUT2D eigenvalue weighted by Gasteiger charge is 2.62. The molecule has 42 heavy (non-hydrogen) atoms. The fraction of sp³-hybridized carbons (Fsp3) is 0.292. The summed E-state index contributed by atoms with van der Waals surface area (Å²) in [5.74, 6) is -8.58. The van der Waals surface area contributed by atoms with Crippen LogP contribution in [0.2, 0.25) is 10.0 Å². The average molecular weight is 632 g/mol. The number of carbonyl (C=O) groups excluding carboxylic acids is 2. The van der Waals surface area contributed by atoms with Crippen molar-refractivity contribution in [1.82, 2.24) is 40.3 Å². The van der Waals surface area contributed by atoms with Crippen molar-refractivity contribution in [3.05, 3.63) is 74.9 Å². The number of alkyl halides is 5. The quantitative estimate of drug-likeness (QED) is 0.263. The van der Waals surface area contributed by atoms with Gasteiger partial charge in [0.15, 0.2) is 5.82 Å². The van der Waals surface area contributed by atoms with E-state index < -0.39 is 36.3 Å². The van der Waals surface area contributed by atoms with E-state index in [1.165, 1.54) is 30.5 Å². The molecule has 0 aliphatic carbocycles. The van der Waals surface area contributed by atoms with Gasteiger partial charge in [0.05, 0.1) is 28.5 Å². The van der Waals surface area contributed by atoms with Crippen molar-refractivity contribution in [3.63, 3.8) is 0 Å². The Hall–Kier alpha value is -4.18. The molecular formula is C24H20Cl2F5N9O2. The van der Waals surface area contributed by atoms with E-state index in [0.29, 0.717) is 5.56 Å². The van der Waals surface area contributed by atoms with Gasteiger partial charge in [0.2, 0.25) is 5.82 Å². The first kappa shape index (κ1) is 30.8. The van der Waals surface area contributed by atoms with Crippen molar-refractivity contribution in [2.75, 3.05) is 5.32 Å². The molecule has 0 saturated heterocycles. The SMILES string of the molecule is Cc1cc(Cl)cc(C(=O)NC(C)C)c1NC(=O)c1cc(Cn2nnnc2C(F)(F)C(F)(F)F)nn1-c1ncccc1Cl. The largest absolute Gasteiger partial charge is 0.461 e. The van der Waals surface area contributed by atoms with Crippen molar-refractivity contribution in [1.29, 1.82) is 0 Å². The van der Waals surface area contributed by atoms with Gasteiger partial charge in [-0.2, -0.15) is 27.1 Å². The minimum Gasteiger partial charge on any atom is -0.350 e. The van der Waals surface area contributed by atoms with Gasteiger partial charge in [0.25, 0.3) is 11.8 Å². The summed E-state index contributed by atoms with van der Waals surface area (Å²) in [6.07, 6.45) is -4.63. The van der Waals surface area contributed by atoms with Crippen LogP contribution in [0, 0.1) is 6.92 Å². The maximum absolute atomic E-state index is 14.0. The van der Waals surface area contributed by atoms with Crippen molar-refractivity contribution in [2.45, 2.75) is 45.5 Å². The van der Waals surface area contributed by atoms with E-state index in [1.54, 1.807) is 20.8 Å². The summed E-state index contributed by atoms with van der Waals surface area (Å²) in [6, 6.07) is 6.68. The number of aryl methyl sites for hydroxylation is 1. The van der Waals surface area contributed by atoms with E-state index in [1.807, 2.05) is 0 Å². The lowest BCUT2D eigenvalue weighted by atomic mass is 10.1. The Bertz CT molecular complexity index is 1650. The number of hydrogen-bond donors (Lipinski definition) is 2. The normalized spacial score (nSPS) is 12.1. The van der Waals surface area contributed by atoms with Gasteiger partial charge in [-0.1, -0.05) is 23.2 Å². The molecule has 0 bridgehead atoms. The fourth-order valence-corrected chi connectivity index (χ4v) is 4.26. The lowest BCUT2D eigenvalue weighted by molar-refractivity contribution is -0.293. The number of nitrogens with one attached hydrogen (secondary N) is 2. The molecule has 18 heteroatoms. The highest BCUT2D eigenvalue weighted by Crippen LogP contribution is 2.42. The van der Waals surface area contributed by atoms with E-state index in [0.717, 1.165) is 10.7 Å². The zero-order chi connectivity index (χ0) is 31.0. The standard InChI is InChI=1S/C24H20Cl2F5N9O2/c1-11(2)33-20(41)15-8-13(25)7-12(3)18(15)34-21(42)17-9-14(36-40(17)19-16(26)5-4-6-32-19)10-39-22(35-37-38-39)23(27,28)24(29,30)31/h4-9,11H,10H2,1-3H3,(H,33,41)(H,34,42). The van der Waals surface area contributed by atoms with Gasteiger partial charge in [-0.15, -0.1) is 5.10 Å². The van der Waals surface area contributed by atoms with Gasteiger partial charge < -0.3 is 10.6 Å². The van der Waals surface area contributed by atoms with Gasteiger partial charge in [-0.05, 0) is 67.1 Å². The van der Waals surface area contributed by atoms with Gasteiger partial charge in [0.1, 0.15) is 5.69 Å². The predicted molar refractivity (Wildman–Crippen MR) is 140 cm³/mol. The van der Waals surface area contributed by atoms with Crippen LogP contribution in [0.25, 0.3) is 5.82 Å². The summed E-state index contributed by atoms with van der Waals surface area (Å²) >= 11 is 12.4. The number of hydrogen-bond acceptors (Lipinski definition) is 7. The maximum Gasteiger partial charge on any atom is 0.461 e. The third kappa shape index (κ3) is 6.18. The predicted octanol–water partition coefficient (Wildman–Crippen LogP) is 4.96. The molecule has 4 rings (SSSR count). The summed E-state index contributed by atoms with van der Waals surface area (Å²) in [6.45, 7) is 4.30. The van der Waals surface area contributed by atoms with Gasteiger partial charge in [-0.25, -0.2) is 14.3 Å². The highest BCUT2D eigenvalue weighted by molar-refractivity contribution is 6.32. The first-order valence-corrected chi connectivity index (χ1v) is 12.7. The molecule has 0 atom stereocenters. The van der Waals surface area contributed by atoms with Crippen LogP contribution in [0.15, 0.2) is 36.5 Å². The van der Waals surface area contributed by atoms with E-state index in [2.05, 4.69) is 36.2 Å². The van der Waals surface area contributed by atoms with Crippen LogP contribution >= 0.6 is 23.2 Å². The number of anilines is 1. The second-order valence-corrected chi connectivity index (χ2v) is 10.0. The Labute approximate surface area is 244 Å². The van der Waals surface area contributed by atoms with Gasteiger partial charge >= 0.3 is 12.1 Å². The Morgan fingerprint density at radius 2 is 1.79 bits per heavy atom. The molecule has 11 nitrogen and oxygen atoms in total. The molecule has 0 radical (unpaired) electrons. The van der Waals surface area contributed by atoms with Crippen LogP contribution in [0.1, 0.15) is 51.8 Å². The highest BCUT2D eigenvalue weighted by atomic mass is 35.5. The third-order valence-corrected chi connectivity index (χ3v) is 6.13. The minimum absolute atomic E-state index is 0.0348. The summed E-state index contributed by atoms with van der Waals surface area (Å²) in [7, 11) is 0. The van der Waals surface area contributed by atoms with Crippen molar-refractivity contribution >= 4 is 40.7 Å². The van der Waals surface area contributed by atoms with Crippen LogP contribution in [-0.4, -0.2) is 59.0 Å². The Morgan fingerprint density at radius 3 is 2.43 bits per heavy atom. The number of benzene rings is 1. The van der Waals surface area contributed by atoms with E-state index >= 15 is 0 Å². The van der Waals surface area contributed by atoms with Crippen molar-refractivity contribution < 1.29 is 31.5 Å². The van der Waals surface area contributed by atoms with E-state index in [9.17, 15) is 31.5 Å². The van der Waals surface area contributed by atoms with Crippen molar-refractivity contribution in [3.8, 4) is 5.82 Å². The monoisotopic (exact) mass is 631 g/mol. The zero-order valence-corrected chi connectivity index (χ0v) is 23.4. The summed E-state index contributed by atoms with van der Waals surface area (Å²) in [5.41, 5.74) is 0.138. The van der Waals surface area contributed by atoms with Crippen LogP contribution in [-0.2, 0) is 12.5 Å². The first-order chi connectivity index (χ1) is 19.6. The average Bonchev–Trinajstić information content (AvgIpc) is 3.52. The molecule has 1 aromatic carbocycles. The lowest BCUT2D eigenvalue weighted by Crippen LogP contribution is -2.36. The number of tetrazole rings is 1. The Balaban J connectivity index is 1.78. The van der Waals surface area contributed by atoms with Crippen LogP contribution in [0.3, 0.4) is 0 Å². The summed E-state index contributed by atoms with van der Waals surface area (Å²) in [4.78, 5) is 30.6. The molecular weight excluding hydrogens is 612 g/mol. The molecule has 0 aliphatic rings. The Kier molecular flexibility index (Phi) is 8.50. The Morgan fingerprint density at radius 1 is 1.07 bits per heavy atom. The van der Waals surface area contributed by atoms with E-state index in [-0.39, 0.29) is 49.2 Å². The number of rotatable bonds is 8. The van der Waals surface area contributed by atoms with Crippen LogP contribution in [0.4, 0.5) is 27.6 Å². The molecule has 2 N–H and O–H groups in total. The summed E-state index contributed by atoms with van der Waals surface area (Å²) < 4.78 is 68.2. The summed E-state index contributed by atoms with van der Waals surface area (Å²) in [5, 5.41) is 18.8. The lowest BCUT2D eigenvalue weighted by Gasteiger charge is -2.18. The molecule has 2 amide bonds. The van der Waals surface area contributed by atoms with E-state index in [4.69, 9.17) is 23.2 Å². The minimum atomic E-state index is -5.97. The number of pyridine rings is 1. The second kappa shape index (κ2) is 11.6. The number of halogens is 7. The molecule has 0 aliphatic heterocycles. The molecule has 0 fully saturated rings. The fourth-order valence-electron chi connectivity index (χ4n) is 3.79. The molecule has 0 spiro atoms. The third-order valence-electron chi connectivity index (χ3n) is 5.62. The molecule has 4 aromatic rings. The number of carbonyl (C=O) groups is 2. The molecule has 0 saturated carbocycles. The maximum atomic E-state index is 14.0. The molecule has 3 heterocycles. The molecule has 3 aromatic heterocycles. The number of amides is 2. The van der Waals surface area contributed by atoms with Gasteiger partial charge in [-0.3, -0.25) is 9.59 Å². The van der Waals surface area contributed by atoms with Crippen LogP contribution < -0.4 is 10.6 Å². The molecule has 0 unspecified atom stereocenters. The van der Waals surface area contributed by atoms with Crippen molar-refractivity contribution in [2.24, 2.45) is 0 Å². The first-order valence-electron chi connectivity index (χ1n) is 11.9. The second-order valence-electron chi connectivity index (χ2n) is 9.20. The topological polar surface area (TPSA) is 133 Å². The smallest absolute Gasteiger partial charge is 0.350 e. The van der Waals surface area contributed by atoms with Gasteiger partial charge in [0, 0.05) is 17.3 Å². The molecule has 222 valence electrons. The van der Waals surface area contributed by atoms with Crippen LogP contribution in [0.5, 0.6) is 0 Å².